The zero-order chi connectivity index (χ0) is 24.6. The highest BCUT2D eigenvalue weighted by Crippen LogP contribution is 2.43. The smallest absolute Gasteiger partial charge is 0.130 e. The molecule has 0 aliphatic carbocycles. The minimum atomic E-state index is 0.189. The third kappa shape index (κ3) is 4.50. The lowest BCUT2D eigenvalue weighted by molar-refractivity contribution is 0.461. The molecule has 0 spiro atoms. The van der Waals surface area contributed by atoms with Crippen molar-refractivity contribution in [1.82, 2.24) is 0 Å². The van der Waals surface area contributed by atoms with E-state index in [1.165, 1.54) is 0 Å². The monoisotopic (exact) mass is 455 g/mol. The Morgan fingerprint density at radius 1 is 0.588 bits per heavy atom. The summed E-state index contributed by atoms with van der Waals surface area (Å²) >= 11 is 0. The maximum Gasteiger partial charge on any atom is 0.130 e. The fourth-order valence-electron chi connectivity index (χ4n) is 4.11. The van der Waals surface area contributed by atoms with Crippen LogP contribution in [0.3, 0.4) is 0 Å². The zero-order valence-corrected chi connectivity index (χ0v) is 20.0. The van der Waals surface area contributed by atoms with Crippen molar-refractivity contribution in [2.75, 3.05) is 4.90 Å². The largest absolute Gasteiger partial charge is 0.508 e. The number of aryl methyl sites for hydroxylation is 5. The van der Waals surface area contributed by atoms with E-state index in [2.05, 4.69) is 0 Å². The molecule has 0 saturated carbocycles. The normalized spacial score (nSPS) is 10.9. The SMILES string of the molecule is Cc1cc(C)c(N(c2cccc(Oc3ccc(O)cc3C)c2)c2cc(O)c(C)cc2C)cc1O. The average molecular weight is 456 g/mol. The molecule has 0 fully saturated rings. The van der Waals surface area contributed by atoms with Gasteiger partial charge in [0.25, 0.3) is 0 Å². The quantitative estimate of drug-likeness (QED) is 0.289. The molecule has 4 aromatic carbocycles. The molecule has 5 heteroatoms. The van der Waals surface area contributed by atoms with E-state index in [4.69, 9.17) is 4.74 Å². The number of nitrogens with zero attached hydrogens (tertiary/aromatic N) is 1. The summed E-state index contributed by atoms with van der Waals surface area (Å²) < 4.78 is 6.14. The van der Waals surface area contributed by atoms with Crippen LogP contribution in [0, 0.1) is 34.6 Å². The molecule has 0 saturated heterocycles. The molecule has 0 bridgehead atoms. The van der Waals surface area contributed by atoms with Crippen molar-refractivity contribution in [1.29, 1.82) is 0 Å². The summed E-state index contributed by atoms with van der Waals surface area (Å²) in [6, 6.07) is 20.0. The predicted octanol–water partition coefficient (Wildman–Crippen LogP) is 7.61. The highest BCUT2D eigenvalue weighted by Gasteiger charge is 2.20. The van der Waals surface area contributed by atoms with Gasteiger partial charge in [-0.1, -0.05) is 18.2 Å². The first kappa shape index (κ1) is 23.1. The van der Waals surface area contributed by atoms with Gasteiger partial charge in [-0.25, -0.2) is 0 Å². The molecule has 4 rings (SSSR count). The summed E-state index contributed by atoms with van der Waals surface area (Å²) in [7, 11) is 0. The van der Waals surface area contributed by atoms with Crippen LogP contribution in [0.15, 0.2) is 66.7 Å². The van der Waals surface area contributed by atoms with Crippen LogP contribution in [0.4, 0.5) is 17.1 Å². The fraction of sp³-hybridized carbons (Fsp3) is 0.172. The van der Waals surface area contributed by atoms with Gasteiger partial charge in [0.1, 0.15) is 28.7 Å². The molecule has 0 heterocycles. The summed E-state index contributed by atoms with van der Waals surface area (Å²) in [6.45, 7) is 9.61. The lowest BCUT2D eigenvalue weighted by Crippen LogP contribution is -2.13. The van der Waals surface area contributed by atoms with E-state index in [-0.39, 0.29) is 17.2 Å². The second-order valence-corrected chi connectivity index (χ2v) is 8.73. The van der Waals surface area contributed by atoms with E-state index in [1.807, 2.05) is 75.9 Å². The van der Waals surface area contributed by atoms with Crippen LogP contribution in [0.25, 0.3) is 0 Å². The maximum absolute atomic E-state index is 10.5. The second kappa shape index (κ2) is 9.02. The van der Waals surface area contributed by atoms with Crippen LogP contribution in [0.1, 0.15) is 27.8 Å². The van der Waals surface area contributed by atoms with Gasteiger partial charge in [0.05, 0.1) is 11.4 Å². The molecule has 0 atom stereocenters. The number of aromatic hydroxyl groups is 3. The van der Waals surface area contributed by atoms with Gasteiger partial charge in [0, 0.05) is 23.9 Å². The van der Waals surface area contributed by atoms with E-state index in [0.29, 0.717) is 11.5 Å². The highest BCUT2D eigenvalue weighted by atomic mass is 16.5. The van der Waals surface area contributed by atoms with Gasteiger partial charge in [-0.15, -0.1) is 0 Å². The van der Waals surface area contributed by atoms with Gasteiger partial charge in [-0.3, -0.25) is 0 Å². The number of hydrogen-bond acceptors (Lipinski definition) is 5. The Morgan fingerprint density at radius 2 is 1.18 bits per heavy atom. The van der Waals surface area contributed by atoms with Crippen molar-refractivity contribution in [3.8, 4) is 28.7 Å². The van der Waals surface area contributed by atoms with Crippen molar-refractivity contribution in [2.45, 2.75) is 34.6 Å². The van der Waals surface area contributed by atoms with E-state index < -0.39 is 0 Å². The Morgan fingerprint density at radius 3 is 1.74 bits per heavy atom. The third-order valence-electron chi connectivity index (χ3n) is 5.97. The number of phenols is 3. The maximum atomic E-state index is 10.5. The molecule has 0 aliphatic heterocycles. The summed E-state index contributed by atoms with van der Waals surface area (Å²) in [5.74, 6) is 1.86. The minimum absolute atomic E-state index is 0.189. The molecule has 0 amide bonds. The Kier molecular flexibility index (Phi) is 6.12. The van der Waals surface area contributed by atoms with Gasteiger partial charge in [-0.05, 0) is 92.8 Å². The molecule has 0 aromatic heterocycles. The molecule has 5 nitrogen and oxygen atoms in total. The highest BCUT2D eigenvalue weighted by molar-refractivity contribution is 5.82. The lowest BCUT2D eigenvalue weighted by atomic mass is 10.0. The first-order chi connectivity index (χ1) is 16.1. The molecule has 0 unspecified atom stereocenters. The van der Waals surface area contributed by atoms with Crippen molar-refractivity contribution < 1.29 is 20.1 Å². The number of benzene rings is 4. The zero-order valence-electron chi connectivity index (χ0n) is 20.0. The standard InChI is InChI=1S/C29H29NO4/c1-17-11-19(3)27(32)15-25(17)30(26-16-28(33)20(4)12-18(26)2)22-7-6-8-24(14-22)34-29-10-9-23(31)13-21(29)5/h6-16,31-33H,1-5H3. The van der Waals surface area contributed by atoms with Gasteiger partial charge in [0.15, 0.2) is 0 Å². The topological polar surface area (TPSA) is 73.2 Å². The molecule has 0 aliphatic rings. The molecule has 34 heavy (non-hydrogen) atoms. The fourth-order valence-corrected chi connectivity index (χ4v) is 4.11. The van der Waals surface area contributed by atoms with Crippen LogP contribution in [0.2, 0.25) is 0 Å². The molecular formula is C29H29NO4. The number of anilines is 3. The van der Waals surface area contributed by atoms with Crippen LogP contribution in [-0.2, 0) is 0 Å². The van der Waals surface area contributed by atoms with Crippen LogP contribution < -0.4 is 9.64 Å². The van der Waals surface area contributed by atoms with E-state index in [0.717, 1.165) is 44.9 Å². The van der Waals surface area contributed by atoms with Gasteiger partial charge in [-0.2, -0.15) is 0 Å². The van der Waals surface area contributed by atoms with Gasteiger partial charge < -0.3 is 25.0 Å². The van der Waals surface area contributed by atoms with E-state index in [9.17, 15) is 15.3 Å². The van der Waals surface area contributed by atoms with Crippen LogP contribution in [0.5, 0.6) is 28.7 Å². The summed E-state index contributed by atoms with van der Waals surface area (Å²) in [5, 5.41) is 30.7. The van der Waals surface area contributed by atoms with Crippen LogP contribution in [-0.4, -0.2) is 15.3 Å². The van der Waals surface area contributed by atoms with Crippen molar-refractivity contribution in [2.24, 2.45) is 0 Å². The summed E-state index contributed by atoms with van der Waals surface area (Å²) in [4.78, 5) is 2.01. The van der Waals surface area contributed by atoms with E-state index >= 15 is 0 Å². The Bertz CT molecular complexity index is 1320. The van der Waals surface area contributed by atoms with E-state index in [1.54, 1.807) is 30.3 Å². The van der Waals surface area contributed by atoms with Crippen LogP contribution >= 0.6 is 0 Å². The molecule has 3 N–H and O–H groups in total. The Hall–Kier alpha value is -4.12. The lowest BCUT2D eigenvalue weighted by Gasteiger charge is -2.29. The predicted molar refractivity (Wildman–Crippen MR) is 136 cm³/mol. The van der Waals surface area contributed by atoms with Gasteiger partial charge in [0.2, 0.25) is 0 Å². The third-order valence-corrected chi connectivity index (χ3v) is 5.97. The number of rotatable bonds is 5. The first-order valence-electron chi connectivity index (χ1n) is 11.1. The molecule has 174 valence electrons. The van der Waals surface area contributed by atoms with Crippen molar-refractivity contribution >= 4 is 17.1 Å². The summed E-state index contributed by atoms with van der Waals surface area (Å²) in [6.07, 6.45) is 0. The van der Waals surface area contributed by atoms with Crippen molar-refractivity contribution in [3.05, 3.63) is 94.5 Å². The summed E-state index contributed by atoms with van der Waals surface area (Å²) in [5.41, 5.74) is 6.78. The molecule has 4 aromatic rings. The number of ether oxygens (including phenoxy) is 1. The average Bonchev–Trinajstić information content (AvgIpc) is 2.78. The second-order valence-electron chi connectivity index (χ2n) is 8.73. The Balaban J connectivity index is 1.87. The Labute approximate surface area is 200 Å². The van der Waals surface area contributed by atoms with Gasteiger partial charge >= 0.3 is 0 Å². The first-order valence-corrected chi connectivity index (χ1v) is 11.1. The van der Waals surface area contributed by atoms with Crippen molar-refractivity contribution in [3.63, 3.8) is 0 Å². The number of phenolic OH excluding ortho intramolecular Hbond substituents is 3. The molecular weight excluding hydrogens is 426 g/mol. The molecule has 0 radical (unpaired) electrons. The number of hydrogen-bond donors (Lipinski definition) is 3. The minimum Gasteiger partial charge on any atom is -0.508 e.